The zero-order valence-corrected chi connectivity index (χ0v) is 17.5. The number of aromatic nitrogens is 3. The molecule has 0 saturated carbocycles. The van der Waals surface area contributed by atoms with E-state index < -0.39 is 0 Å². The van der Waals surface area contributed by atoms with E-state index in [1.807, 2.05) is 25.1 Å². The molecular weight excluding hydrogens is 459 g/mol. The molecule has 0 atom stereocenters. The van der Waals surface area contributed by atoms with Crippen molar-refractivity contribution in [2.24, 2.45) is 0 Å². The Morgan fingerprint density at radius 3 is 2.81 bits per heavy atom. The van der Waals surface area contributed by atoms with E-state index in [4.69, 9.17) is 23.2 Å². The lowest BCUT2D eigenvalue weighted by atomic mass is 10.2. The Balaban J connectivity index is 1.69. The molecule has 0 aliphatic heterocycles. The Kier molecular flexibility index (Phi) is 6.24. The molecule has 3 rings (SSSR count). The number of aryl methyl sites for hydroxylation is 1. The number of hydrogen-bond donors (Lipinski definition) is 1. The summed E-state index contributed by atoms with van der Waals surface area (Å²) in [6.07, 6.45) is 1.42. The molecule has 0 aliphatic rings. The molecule has 0 spiro atoms. The van der Waals surface area contributed by atoms with Gasteiger partial charge in [-0.25, -0.2) is 9.67 Å². The van der Waals surface area contributed by atoms with Gasteiger partial charge < -0.3 is 5.32 Å². The first-order chi connectivity index (χ1) is 12.4. The SMILES string of the molecule is Cc1ccc(NC(=O)CSc2ncnn2-c2ccc(Cl)cc2Cl)c(Br)c1. The first kappa shape index (κ1) is 19.2. The van der Waals surface area contributed by atoms with E-state index in [9.17, 15) is 4.79 Å². The minimum Gasteiger partial charge on any atom is -0.324 e. The van der Waals surface area contributed by atoms with Gasteiger partial charge in [0.15, 0.2) is 5.16 Å². The first-order valence-electron chi connectivity index (χ1n) is 7.48. The van der Waals surface area contributed by atoms with Gasteiger partial charge in [0.25, 0.3) is 0 Å². The molecule has 0 saturated heterocycles. The maximum atomic E-state index is 12.3. The number of nitrogens with zero attached hydrogens (tertiary/aromatic N) is 3. The van der Waals surface area contributed by atoms with Crippen LogP contribution in [-0.2, 0) is 4.79 Å². The van der Waals surface area contributed by atoms with Crippen LogP contribution < -0.4 is 5.32 Å². The third-order valence-corrected chi connectivity index (χ3v) is 5.52. The highest BCUT2D eigenvalue weighted by Gasteiger charge is 2.13. The Labute approximate surface area is 173 Å². The molecule has 0 aliphatic carbocycles. The molecule has 0 radical (unpaired) electrons. The third kappa shape index (κ3) is 4.59. The smallest absolute Gasteiger partial charge is 0.234 e. The summed E-state index contributed by atoms with van der Waals surface area (Å²) < 4.78 is 2.42. The summed E-state index contributed by atoms with van der Waals surface area (Å²) >= 11 is 16.9. The van der Waals surface area contributed by atoms with Crippen LogP contribution in [0.15, 0.2) is 52.4 Å². The van der Waals surface area contributed by atoms with Crippen molar-refractivity contribution >= 4 is 62.5 Å². The standard InChI is InChI=1S/C17H13BrCl2N4OS/c1-10-2-4-14(12(18)6-10)23-16(25)8-26-17-21-9-22-24(17)15-5-3-11(19)7-13(15)20/h2-7,9H,8H2,1H3,(H,23,25). The van der Waals surface area contributed by atoms with E-state index in [1.54, 1.807) is 22.9 Å². The molecule has 1 aromatic heterocycles. The summed E-state index contributed by atoms with van der Waals surface area (Å²) in [6, 6.07) is 10.9. The fraction of sp³-hybridized carbons (Fsp3) is 0.118. The average molecular weight is 472 g/mol. The fourth-order valence-electron chi connectivity index (χ4n) is 2.19. The number of carbonyl (C=O) groups excluding carboxylic acids is 1. The van der Waals surface area contributed by atoms with Crippen LogP contribution in [0.25, 0.3) is 5.69 Å². The number of nitrogens with one attached hydrogen (secondary N) is 1. The Hall–Kier alpha value is -1.54. The second-order valence-electron chi connectivity index (χ2n) is 5.37. The molecule has 3 aromatic rings. The Morgan fingerprint density at radius 1 is 1.27 bits per heavy atom. The van der Waals surface area contributed by atoms with E-state index in [0.29, 0.717) is 20.9 Å². The summed E-state index contributed by atoms with van der Waals surface area (Å²) in [4.78, 5) is 16.4. The first-order valence-corrected chi connectivity index (χ1v) is 10.0. The molecule has 0 bridgehead atoms. The number of anilines is 1. The van der Waals surface area contributed by atoms with Crippen molar-refractivity contribution in [3.63, 3.8) is 0 Å². The van der Waals surface area contributed by atoms with Crippen molar-refractivity contribution in [3.8, 4) is 5.69 Å². The van der Waals surface area contributed by atoms with Crippen LogP contribution in [0.1, 0.15) is 5.56 Å². The predicted molar refractivity (Wildman–Crippen MR) is 110 cm³/mol. The monoisotopic (exact) mass is 470 g/mol. The van der Waals surface area contributed by atoms with Crippen LogP contribution in [0.5, 0.6) is 0 Å². The van der Waals surface area contributed by atoms with Crippen LogP contribution in [0.2, 0.25) is 10.0 Å². The largest absolute Gasteiger partial charge is 0.324 e. The average Bonchev–Trinajstić information content (AvgIpc) is 3.04. The van der Waals surface area contributed by atoms with Gasteiger partial charge in [-0.15, -0.1) is 0 Å². The summed E-state index contributed by atoms with van der Waals surface area (Å²) in [6.45, 7) is 1.99. The minimum atomic E-state index is -0.142. The van der Waals surface area contributed by atoms with Crippen LogP contribution >= 0.6 is 50.9 Å². The molecule has 1 amide bonds. The number of benzene rings is 2. The predicted octanol–water partition coefficient (Wildman–Crippen LogP) is 5.38. The number of halogens is 3. The highest BCUT2D eigenvalue weighted by atomic mass is 79.9. The number of hydrogen-bond acceptors (Lipinski definition) is 4. The number of rotatable bonds is 5. The van der Waals surface area contributed by atoms with Crippen molar-refractivity contribution in [3.05, 3.63) is 62.8 Å². The van der Waals surface area contributed by atoms with E-state index in [-0.39, 0.29) is 11.7 Å². The van der Waals surface area contributed by atoms with Crippen LogP contribution in [0.3, 0.4) is 0 Å². The third-order valence-electron chi connectivity index (χ3n) is 3.39. The molecule has 0 unspecified atom stereocenters. The lowest BCUT2D eigenvalue weighted by Crippen LogP contribution is -2.15. The molecule has 9 heteroatoms. The van der Waals surface area contributed by atoms with Crippen molar-refractivity contribution in [1.29, 1.82) is 0 Å². The van der Waals surface area contributed by atoms with Gasteiger partial charge in [-0.3, -0.25) is 4.79 Å². The van der Waals surface area contributed by atoms with Crippen molar-refractivity contribution in [1.82, 2.24) is 14.8 Å². The lowest BCUT2D eigenvalue weighted by molar-refractivity contribution is -0.113. The van der Waals surface area contributed by atoms with E-state index in [2.05, 4.69) is 31.3 Å². The summed E-state index contributed by atoms with van der Waals surface area (Å²) in [5.41, 5.74) is 2.48. The van der Waals surface area contributed by atoms with Gasteiger partial charge in [0, 0.05) is 9.50 Å². The van der Waals surface area contributed by atoms with E-state index in [0.717, 1.165) is 15.7 Å². The highest BCUT2D eigenvalue weighted by molar-refractivity contribution is 9.10. The van der Waals surface area contributed by atoms with Crippen molar-refractivity contribution < 1.29 is 4.79 Å². The molecule has 2 aromatic carbocycles. The normalized spacial score (nSPS) is 10.8. The van der Waals surface area contributed by atoms with Gasteiger partial charge in [-0.05, 0) is 58.7 Å². The number of thioether (sulfide) groups is 1. The van der Waals surface area contributed by atoms with Crippen molar-refractivity contribution in [2.45, 2.75) is 12.1 Å². The maximum Gasteiger partial charge on any atom is 0.234 e. The lowest BCUT2D eigenvalue weighted by Gasteiger charge is -2.09. The van der Waals surface area contributed by atoms with Gasteiger partial charge in [-0.2, -0.15) is 5.10 Å². The topological polar surface area (TPSA) is 59.8 Å². The molecule has 134 valence electrons. The van der Waals surface area contributed by atoms with Gasteiger partial charge in [0.2, 0.25) is 5.91 Å². The Morgan fingerprint density at radius 2 is 2.08 bits per heavy atom. The van der Waals surface area contributed by atoms with E-state index >= 15 is 0 Å². The van der Waals surface area contributed by atoms with Crippen molar-refractivity contribution in [2.75, 3.05) is 11.1 Å². The van der Waals surface area contributed by atoms with Gasteiger partial charge in [0.1, 0.15) is 6.33 Å². The zero-order chi connectivity index (χ0) is 18.7. The fourth-order valence-corrected chi connectivity index (χ4v) is 3.99. The van der Waals surface area contributed by atoms with Crippen LogP contribution in [0.4, 0.5) is 5.69 Å². The molecular formula is C17H13BrCl2N4OS. The Bertz CT molecular complexity index is 964. The second kappa shape index (κ2) is 8.43. The zero-order valence-electron chi connectivity index (χ0n) is 13.5. The number of carbonyl (C=O) groups is 1. The maximum absolute atomic E-state index is 12.3. The number of amides is 1. The summed E-state index contributed by atoms with van der Waals surface area (Å²) in [7, 11) is 0. The van der Waals surface area contributed by atoms with E-state index in [1.165, 1.54) is 18.1 Å². The quantitative estimate of drug-likeness (QED) is 0.507. The molecule has 1 heterocycles. The van der Waals surface area contributed by atoms with Gasteiger partial charge >= 0.3 is 0 Å². The van der Waals surface area contributed by atoms with Crippen LogP contribution in [-0.4, -0.2) is 26.4 Å². The minimum absolute atomic E-state index is 0.142. The van der Waals surface area contributed by atoms with Crippen LogP contribution in [0, 0.1) is 6.92 Å². The second-order valence-corrected chi connectivity index (χ2v) is 8.01. The summed E-state index contributed by atoms with van der Waals surface area (Å²) in [5.74, 6) is 0.0424. The highest BCUT2D eigenvalue weighted by Crippen LogP contribution is 2.28. The summed E-state index contributed by atoms with van der Waals surface area (Å²) in [5, 5.41) is 8.61. The molecule has 1 N–H and O–H groups in total. The van der Waals surface area contributed by atoms with Gasteiger partial charge in [-0.1, -0.05) is 41.0 Å². The molecule has 26 heavy (non-hydrogen) atoms. The molecule has 0 fully saturated rings. The molecule has 5 nitrogen and oxygen atoms in total. The van der Waals surface area contributed by atoms with Gasteiger partial charge in [0.05, 0.1) is 22.2 Å².